The van der Waals surface area contributed by atoms with Gasteiger partial charge in [0.2, 0.25) is 0 Å². The van der Waals surface area contributed by atoms with Gasteiger partial charge in [0.1, 0.15) is 0 Å². The van der Waals surface area contributed by atoms with Gasteiger partial charge in [0, 0.05) is 11.3 Å². The first kappa shape index (κ1) is 20.8. The molecule has 158 valence electrons. The first-order valence-corrected chi connectivity index (χ1v) is 10.1. The summed E-state index contributed by atoms with van der Waals surface area (Å²) in [6.45, 7) is 1.80. The van der Waals surface area contributed by atoms with Gasteiger partial charge in [-0.25, -0.2) is 5.43 Å². The number of nitrogens with zero attached hydrogens (tertiary/aromatic N) is 1. The standard InChI is InChI=1S/C26H21N3O3/c1-18(19-13-15-23(16-14-19)27-26(31)24-8-5-17-32-24)28-29-25(30)22-11-9-21(10-12-22)20-6-3-2-4-7-20/h2-17H,1H3,(H,27,31)(H,29,30). The monoisotopic (exact) mass is 423 g/mol. The number of carbonyl (C=O) groups excluding carboxylic acids is 2. The van der Waals surface area contributed by atoms with E-state index in [1.807, 2.05) is 54.6 Å². The van der Waals surface area contributed by atoms with Crippen molar-refractivity contribution in [2.24, 2.45) is 5.10 Å². The summed E-state index contributed by atoms with van der Waals surface area (Å²) in [5.41, 5.74) is 7.34. The number of amides is 2. The van der Waals surface area contributed by atoms with Crippen LogP contribution in [0, 0.1) is 0 Å². The molecule has 0 bridgehead atoms. The van der Waals surface area contributed by atoms with Crippen molar-refractivity contribution in [3.8, 4) is 11.1 Å². The number of carbonyl (C=O) groups is 2. The maximum absolute atomic E-state index is 12.4. The summed E-state index contributed by atoms with van der Waals surface area (Å²) >= 11 is 0. The summed E-state index contributed by atoms with van der Waals surface area (Å²) in [5, 5.41) is 6.95. The molecule has 32 heavy (non-hydrogen) atoms. The van der Waals surface area contributed by atoms with Crippen molar-refractivity contribution in [2.75, 3.05) is 5.32 Å². The van der Waals surface area contributed by atoms with Gasteiger partial charge in [-0.05, 0) is 60.0 Å². The lowest BCUT2D eigenvalue weighted by Crippen LogP contribution is -2.19. The number of furan rings is 1. The summed E-state index contributed by atoms with van der Waals surface area (Å²) in [5.74, 6) is -0.365. The highest BCUT2D eigenvalue weighted by atomic mass is 16.3. The third-order valence-electron chi connectivity index (χ3n) is 4.88. The van der Waals surface area contributed by atoms with E-state index in [1.54, 1.807) is 43.3 Å². The molecule has 2 N–H and O–H groups in total. The van der Waals surface area contributed by atoms with E-state index in [0.717, 1.165) is 16.7 Å². The second kappa shape index (κ2) is 9.57. The van der Waals surface area contributed by atoms with Gasteiger partial charge < -0.3 is 9.73 Å². The van der Waals surface area contributed by atoms with Crippen molar-refractivity contribution in [1.29, 1.82) is 0 Å². The number of hydrazone groups is 1. The van der Waals surface area contributed by atoms with Crippen LogP contribution in [0.2, 0.25) is 0 Å². The van der Waals surface area contributed by atoms with Gasteiger partial charge >= 0.3 is 0 Å². The molecule has 0 fully saturated rings. The van der Waals surface area contributed by atoms with Gasteiger partial charge in [0.15, 0.2) is 5.76 Å². The third-order valence-corrected chi connectivity index (χ3v) is 4.88. The number of nitrogens with one attached hydrogen (secondary N) is 2. The second-order valence-corrected chi connectivity index (χ2v) is 7.09. The molecule has 0 aliphatic rings. The molecule has 6 heteroatoms. The van der Waals surface area contributed by atoms with Crippen LogP contribution in [0.1, 0.15) is 33.4 Å². The van der Waals surface area contributed by atoms with Crippen LogP contribution < -0.4 is 10.7 Å². The van der Waals surface area contributed by atoms with Crippen molar-refractivity contribution in [2.45, 2.75) is 6.92 Å². The predicted molar refractivity (Wildman–Crippen MR) is 125 cm³/mol. The van der Waals surface area contributed by atoms with Crippen molar-refractivity contribution < 1.29 is 14.0 Å². The lowest BCUT2D eigenvalue weighted by atomic mass is 10.0. The van der Waals surface area contributed by atoms with Crippen LogP contribution >= 0.6 is 0 Å². The molecule has 0 saturated carbocycles. The van der Waals surface area contributed by atoms with Crippen molar-refractivity contribution >= 4 is 23.2 Å². The van der Waals surface area contributed by atoms with E-state index in [9.17, 15) is 9.59 Å². The summed E-state index contributed by atoms with van der Waals surface area (Å²) in [4.78, 5) is 24.5. The van der Waals surface area contributed by atoms with Crippen molar-refractivity contribution in [3.05, 3.63) is 114 Å². The molecular weight excluding hydrogens is 402 g/mol. The zero-order valence-electron chi connectivity index (χ0n) is 17.4. The Labute approximate surface area is 185 Å². The fourth-order valence-corrected chi connectivity index (χ4v) is 3.10. The fourth-order valence-electron chi connectivity index (χ4n) is 3.10. The van der Waals surface area contributed by atoms with Crippen LogP contribution in [0.3, 0.4) is 0 Å². The highest BCUT2D eigenvalue weighted by molar-refractivity contribution is 6.03. The Morgan fingerprint density at radius 3 is 2.03 bits per heavy atom. The van der Waals surface area contributed by atoms with E-state index in [4.69, 9.17) is 4.42 Å². The Balaban J connectivity index is 1.36. The van der Waals surface area contributed by atoms with Crippen LogP contribution in [0.25, 0.3) is 11.1 Å². The number of anilines is 1. The molecule has 0 spiro atoms. The van der Waals surface area contributed by atoms with E-state index in [1.165, 1.54) is 6.26 Å². The smallest absolute Gasteiger partial charge is 0.291 e. The van der Waals surface area contributed by atoms with Gasteiger partial charge in [-0.1, -0.05) is 54.6 Å². The molecule has 0 radical (unpaired) electrons. The molecule has 0 saturated heterocycles. The van der Waals surface area contributed by atoms with Crippen LogP contribution in [-0.2, 0) is 0 Å². The summed E-state index contributed by atoms with van der Waals surface area (Å²) < 4.78 is 5.08. The Morgan fingerprint density at radius 2 is 1.38 bits per heavy atom. The Bertz CT molecular complexity index is 1230. The highest BCUT2D eigenvalue weighted by Gasteiger charge is 2.09. The van der Waals surface area contributed by atoms with E-state index in [-0.39, 0.29) is 17.6 Å². The van der Waals surface area contributed by atoms with E-state index in [2.05, 4.69) is 15.8 Å². The van der Waals surface area contributed by atoms with Gasteiger partial charge in [0.05, 0.1) is 12.0 Å². The van der Waals surface area contributed by atoms with Gasteiger partial charge in [0.25, 0.3) is 11.8 Å². The lowest BCUT2D eigenvalue weighted by Gasteiger charge is -2.07. The molecule has 6 nitrogen and oxygen atoms in total. The molecule has 0 aliphatic heterocycles. The predicted octanol–water partition coefficient (Wildman–Crippen LogP) is 5.35. The van der Waals surface area contributed by atoms with Gasteiger partial charge in [-0.15, -0.1) is 0 Å². The number of hydrogen-bond acceptors (Lipinski definition) is 4. The molecular formula is C26H21N3O3. The first-order chi connectivity index (χ1) is 15.6. The van der Waals surface area contributed by atoms with Crippen molar-refractivity contribution in [1.82, 2.24) is 5.43 Å². The minimum atomic E-state index is -0.321. The normalized spacial score (nSPS) is 11.1. The molecule has 3 aromatic carbocycles. The SMILES string of the molecule is CC(=NNC(=O)c1ccc(-c2ccccc2)cc1)c1ccc(NC(=O)c2ccco2)cc1. The Kier molecular flexibility index (Phi) is 6.22. The summed E-state index contributed by atoms with van der Waals surface area (Å²) in [6, 6.07) is 27.8. The largest absolute Gasteiger partial charge is 0.459 e. The van der Waals surface area contributed by atoms with E-state index < -0.39 is 0 Å². The Morgan fingerprint density at radius 1 is 0.719 bits per heavy atom. The minimum Gasteiger partial charge on any atom is -0.459 e. The topological polar surface area (TPSA) is 83.7 Å². The Hall–Kier alpha value is -4.45. The molecule has 0 aliphatic carbocycles. The molecule has 1 heterocycles. The van der Waals surface area contributed by atoms with Crippen LogP contribution in [-0.4, -0.2) is 17.5 Å². The highest BCUT2D eigenvalue weighted by Crippen LogP contribution is 2.19. The quantitative estimate of drug-likeness (QED) is 0.324. The van der Waals surface area contributed by atoms with Crippen LogP contribution in [0.15, 0.2) is 107 Å². The second-order valence-electron chi connectivity index (χ2n) is 7.09. The van der Waals surface area contributed by atoms with Gasteiger partial charge in [-0.3, -0.25) is 9.59 Å². The molecule has 0 unspecified atom stereocenters. The van der Waals surface area contributed by atoms with Gasteiger partial charge in [-0.2, -0.15) is 5.10 Å². The molecule has 2 amide bonds. The average Bonchev–Trinajstić information content (AvgIpc) is 3.39. The zero-order valence-corrected chi connectivity index (χ0v) is 17.4. The van der Waals surface area contributed by atoms with Crippen molar-refractivity contribution in [3.63, 3.8) is 0 Å². The number of rotatable bonds is 6. The summed E-state index contributed by atoms with van der Waals surface area (Å²) in [7, 11) is 0. The maximum atomic E-state index is 12.4. The van der Waals surface area contributed by atoms with E-state index in [0.29, 0.717) is 17.0 Å². The summed E-state index contributed by atoms with van der Waals surface area (Å²) in [6.07, 6.45) is 1.45. The van der Waals surface area contributed by atoms with Crippen LogP contribution in [0.4, 0.5) is 5.69 Å². The zero-order chi connectivity index (χ0) is 22.3. The number of hydrogen-bond donors (Lipinski definition) is 2. The maximum Gasteiger partial charge on any atom is 0.291 e. The van der Waals surface area contributed by atoms with Crippen LogP contribution in [0.5, 0.6) is 0 Å². The number of benzene rings is 3. The molecule has 4 aromatic rings. The average molecular weight is 423 g/mol. The first-order valence-electron chi connectivity index (χ1n) is 10.1. The molecule has 1 aromatic heterocycles. The molecule has 0 atom stereocenters. The molecule has 4 rings (SSSR count). The third kappa shape index (κ3) is 4.99. The lowest BCUT2D eigenvalue weighted by molar-refractivity contribution is 0.0953. The van der Waals surface area contributed by atoms with E-state index >= 15 is 0 Å². The minimum absolute atomic E-state index is 0.242. The fraction of sp³-hybridized carbons (Fsp3) is 0.0385.